The van der Waals surface area contributed by atoms with Gasteiger partial charge in [-0.15, -0.1) is 0 Å². The normalized spacial score (nSPS) is 12.6. The van der Waals surface area contributed by atoms with E-state index in [0.717, 1.165) is 27.6 Å². The van der Waals surface area contributed by atoms with Crippen molar-refractivity contribution in [3.05, 3.63) is 34.1 Å². The monoisotopic (exact) mass is 371 g/mol. The summed E-state index contributed by atoms with van der Waals surface area (Å²) in [5.41, 5.74) is 1.29. The molecular weight excluding hydrogens is 354 g/mol. The first-order valence-electron chi connectivity index (χ1n) is 6.67. The molecule has 1 aromatic heterocycles. The molecule has 0 aliphatic rings. The average Bonchev–Trinajstić information content (AvgIpc) is 2.89. The first-order valence-corrected chi connectivity index (χ1v) is 9.05. The lowest BCUT2D eigenvalue weighted by molar-refractivity contribution is 0.589. The molecule has 0 aliphatic carbocycles. The van der Waals surface area contributed by atoms with E-state index >= 15 is 0 Å². The summed E-state index contributed by atoms with van der Waals surface area (Å²) in [6, 6.07) is 6.72. The van der Waals surface area contributed by atoms with Gasteiger partial charge in [-0.25, -0.2) is 4.98 Å². The maximum Gasteiger partial charge on any atom is 0.174 e. The predicted octanol–water partition coefficient (Wildman–Crippen LogP) is 4.68. The maximum atomic E-state index is 4.53. The van der Waals surface area contributed by atoms with Crippen molar-refractivity contribution in [1.82, 2.24) is 14.7 Å². The van der Waals surface area contributed by atoms with Gasteiger partial charge in [-0.05, 0) is 48.8 Å². The molecule has 6 heteroatoms. The third kappa shape index (κ3) is 4.04. The smallest absolute Gasteiger partial charge is 0.174 e. The van der Waals surface area contributed by atoms with Gasteiger partial charge in [-0.1, -0.05) is 41.5 Å². The summed E-state index contributed by atoms with van der Waals surface area (Å²) >= 11 is 6.73. The van der Waals surface area contributed by atoms with Crippen LogP contribution < -0.4 is 5.32 Å². The fraction of sp³-hybridized carbons (Fsp3) is 0.429. The Morgan fingerprint density at radius 3 is 2.85 bits per heavy atom. The maximum absolute atomic E-state index is 4.53. The predicted molar refractivity (Wildman–Crippen MR) is 89.6 cm³/mol. The zero-order chi connectivity index (χ0) is 14.5. The van der Waals surface area contributed by atoms with Crippen LogP contribution >= 0.6 is 39.2 Å². The van der Waals surface area contributed by atoms with Crippen LogP contribution in [0.15, 0.2) is 31.9 Å². The number of nitrogens with one attached hydrogen (secondary N) is 1. The molecule has 0 aliphatic heterocycles. The Balaban J connectivity index is 2.26. The molecule has 0 saturated carbocycles. The second-order valence-corrected chi connectivity index (χ2v) is 7.35. The van der Waals surface area contributed by atoms with Crippen molar-refractivity contribution in [2.75, 3.05) is 6.54 Å². The van der Waals surface area contributed by atoms with E-state index in [-0.39, 0.29) is 0 Å². The van der Waals surface area contributed by atoms with E-state index in [2.05, 4.69) is 69.6 Å². The molecule has 2 rings (SSSR count). The van der Waals surface area contributed by atoms with Crippen LogP contribution in [0.3, 0.4) is 0 Å². The molecule has 1 atom stereocenters. The van der Waals surface area contributed by atoms with E-state index < -0.39 is 0 Å². The Morgan fingerprint density at radius 2 is 2.20 bits per heavy atom. The minimum Gasteiger partial charge on any atom is -0.310 e. The summed E-state index contributed by atoms with van der Waals surface area (Å²) in [5, 5.41) is 3.46. The molecule has 0 spiro atoms. The Bertz CT molecular complexity index is 571. The van der Waals surface area contributed by atoms with Crippen LogP contribution in [0.1, 0.15) is 38.2 Å². The fourth-order valence-electron chi connectivity index (χ4n) is 1.88. The highest BCUT2D eigenvalue weighted by Crippen LogP contribution is 2.35. The van der Waals surface area contributed by atoms with Gasteiger partial charge in [0.05, 0.1) is 0 Å². The van der Waals surface area contributed by atoms with Crippen molar-refractivity contribution < 1.29 is 0 Å². The second kappa shape index (κ2) is 7.54. The van der Waals surface area contributed by atoms with Crippen LogP contribution in [0.5, 0.6) is 0 Å². The molecule has 1 unspecified atom stereocenters. The molecule has 0 bridgehead atoms. The largest absolute Gasteiger partial charge is 0.310 e. The van der Waals surface area contributed by atoms with Crippen molar-refractivity contribution in [2.45, 2.75) is 42.5 Å². The highest BCUT2D eigenvalue weighted by Gasteiger charge is 2.13. The summed E-state index contributed by atoms with van der Waals surface area (Å²) in [6.45, 7) is 7.35. The average molecular weight is 372 g/mol. The summed E-state index contributed by atoms with van der Waals surface area (Å²) in [4.78, 5) is 5.77. The van der Waals surface area contributed by atoms with Crippen LogP contribution in [-0.4, -0.2) is 15.9 Å². The number of benzene rings is 1. The minimum absolute atomic E-state index is 0.318. The Labute approximate surface area is 136 Å². The minimum atomic E-state index is 0.318. The number of hydrogen-bond acceptors (Lipinski definition) is 5. The quantitative estimate of drug-likeness (QED) is 0.799. The van der Waals surface area contributed by atoms with E-state index in [1.807, 2.05) is 0 Å². The van der Waals surface area contributed by atoms with Gasteiger partial charge >= 0.3 is 0 Å². The lowest BCUT2D eigenvalue weighted by Crippen LogP contribution is -2.18. The SMILES string of the molecule is CCNC(C)c1cc(Br)ccc1Sc1nc(CC)ns1. The molecule has 0 fully saturated rings. The number of rotatable bonds is 6. The van der Waals surface area contributed by atoms with Gasteiger partial charge in [0.15, 0.2) is 4.34 Å². The lowest BCUT2D eigenvalue weighted by Gasteiger charge is -2.16. The molecule has 1 aromatic carbocycles. The zero-order valence-corrected chi connectivity index (χ0v) is 15.0. The van der Waals surface area contributed by atoms with Gasteiger partial charge in [-0.2, -0.15) is 4.37 Å². The van der Waals surface area contributed by atoms with Gasteiger partial charge in [0, 0.05) is 21.8 Å². The molecule has 0 radical (unpaired) electrons. The first kappa shape index (κ1) is 15.9. The van der Waals surface area contributed by atoms with E-state index in [1.54, 1.807) is 11.8 Å². The first-order chi connectivity index (χ1) is 9.63. The Hall–Kier alpha value is -0.430. The van der Waals surface area contributed by atoms with E-state index in [4.69, 9.17) is 0 Å². The highest BCUT2D eigenvalue weighted by molar-refractivity contribution is 9.10. The van der Waals surface area contributed by atoms with Gasteiger partial charge in [0.25, 0.3) is 0 Å². The third-order valence-electron chi connectivity index (χ3n) is 2.91. The van der Waals surface area contributed by atoms with Crippen molar-refractivity contribution >= 4 is 39.2 Å². The van der Waals surface area contributed by atoms with E-state index in [1.165, 1.54) is 22.0 Å². The number of halogens is 1. The van der Waals surface area contributed by atoms with Crippen molar-refractivity contribution in [3.63, 3.8) is 0 Å². The van der Waals surface area contributed by atoms with E-state index in [0.29, 0.717) is 6.04 Å². The van der Waals surface area contributed by atoms with Crippen LogP contribution in [0.2, 0.25) is 0 Å². The molecule has 0 saturated heterocycles. The number of nitrogens with zero attached hydrogens (tertiary/aromatic N) is 2. The van der Waals surface area contributed by atoms with Crippen LogP contribution in [0.4, 0.5) is 0 Å². The second-order valence-electron chi connectivity index (χ2n) is 4.39. The van der Waals surface area contributed by atoms with Crippen molar-refractivity contribution in [1.29, 1.82) is 0 Å². The Kier molecular flexibility index (Phi) is 6.01. The standard InChI is InChI=1S/C14H18BrN3S2/c1-4-13-17-14(20-18-13)19-12-7-6-10(15)8-11(12)9(3)16-5-2/h6-9,16H,4-5H2,1-3H3. The van der Waals surface area contributed by atoms with Crippen LogP contribution in [-0.2, 0) is 6.42 Å². The number of aromatic nitrogens is 2. The summed E-state index contributed by atoms with van der Waals surface area (Å²) in [7, 11) is 0. The topological polar surface area (TPSA) is 37.8 Å². The summed E-state index contributed by atoms with van der Waals surface area (Å²) < 4.78 is 6.46. The molecular formula is C14H18BrN3S2. The van der Waals surface area contributed by atoms with Gasteiger partial charge in [0.2, 0.25) is 0 Å². The summed E-state index contributed by atoms with van der Waals surface area (Å²) in [6.07, 6.45) is 0.887. The summed E-state index contributed by atoms with van der Waals surface area (Å²) in [5.74, 6) is 0.927. The van der Waals surface area contributed by atoms with Gasteiger partial charge in [-0.3, -0.25) is 0 Å². The van der Waals surface area contributed by atoms with Crippen molar-refractivity contribution in [2.24, 2.45) is 0 Å². The molecule has 20 heavy (non-hydrogen) atoms. The fourth-order valence-corrected chi connectivity index (χ4v) is 4.12. The molecule has 1 N–H and O–H groups in total. The number of aryl methyl sites for hydroxylation is 1. The third-order valence-corrected chi connectivity index (χ3v) is 5.29. The molecule has 108 valence electrons. The number of hydrogen-bond donors (Lipinski definition) is 1. The zero-order valence-electron chi connectivity index (χ0n) is 11.8. The molecule has 1 heterocycles. The molecule has 0 amide bonds. The van der Waals surface area contributed by atoms with E-state index in [9.17, 15) is 0 Å². The van der Waals surface area contributed by atoms with Gasteiger partial charge in [0.1, 0.15) is 5.82 Å². The van der Waals surface area contributed by atoms with Gasteiger partial charge < -0.3 is 5.32 Å². The van der Waals surface area contributed by atoms with Crippen LogP contribution in [0, 0.1) is 0 Å². The lowest BCUT2D eigenvalue weighted by atomic mass is 10.1. The van der Waals surface area contributed by atoms with Crippen LogP contribution in [0.25, 0.3) is 0 Å². The molecule has 3 nitrogen and oxygen atoms in total. The Morgan fingerprint density at radius 1 is 1.40 bits per heavy atom. The highest BCUT2D eigenvalue weighted by atomic mass is 79.9. The molecule has 2 aromatic rings. The van der Waals surface area contributed by atoms with Crippen molar-refractivity contribution in [3.8, 4) is 0 Å².